The Hall–Kier alpha value is -2.11. The number of amides is 1. The predicted octanol–water partition coefficient (Wildman–Crippen LogP) is 2.49. The molecule has 2 saturated carbocycles. The molecule has 0 aromatic heterocycles. The molecule has 0 heterocycles. The van der Waals surface area contributed by atoms with Crippen molar-refractivity contribution < 1.29 is 23.8 Å². The Bertz CT molecular complexity index is 646. The number of halogens is 1. The number of methoxy groups -OCH3 is 1. The van der Waals surface area contributed by atoms with Crippen LogP contribution in [0, 0.1) is 16.6 Å². The average molecular weight is 321 g/mol. The molecule has 0 atom stereocenters. The Kier molecular flexibility index (Phi) is 3.78. The highest BCUT2D eigenvalue weighted by atomic mass is 19.1. The molecule has 0 radical (unpaired) electrons. The van der Waals surface area contributed by atoms with Crippen LogP contribution in [0.3, 0.4) is 0 Å². The third kappa shape index (κ3) is 2.56. The molecule has 1 aromatic rings. The fourth-order valence-electron chi connectivity index (χ4n) is 3.90. The Morgan fingerprint density at radius 1 is 1.35 bits per heavy atom. The summed E-state index contributed by atoms with van der Waals surface area (Å²) in [6, 6.07) is 4.03. The molecule has 2 N–H and O–H groups in total. The van der Waals surface area contributed by atoms with Crippen molar-refractivity contribution in [3.63, 3.8) is 0 Å². The standard InChI is InChI=1S/C17H20FNO4/c1-23-13-4-3-12(18)7-11(13)8-19-14(20)17(15(21)22)9-16(10-17)5-2-6-16/h3-4,7H,2,5-6,8-10H2,1H3,(H,19,20)(H,21,22). The van der Waals surface area contributed by atoms with E-state index in [0.717, 1.165) is 19.3 Å². The Morgan fingerprint density at radius 2 is 2.04 bits per heavy atom. The molecule has 2 aliphatic rings. The Balaban J connectivity index is 1.69. The van der Waals surface area contributed by atoms with Gasteiger partial charge in [-0.05, 0) is 49.3 Å². The number of hydrogen-bond acceptors (Lipinski definition) is 3. The number of rotatable bonds is 5. The number of nitrogens with one attached hydrogen (secondary N) is 1. The summed E-state index contributed by atoms with van der Waals surface area (Å²) in [5, 5.41) is 12.1. The molecule has 1 spiro atoms. The zero-order valence-electron chi connectivity index (χ0n) is 13.0. The lowest BCUT2D eigenvalue weighted by atomic mass is 9.45. The first-order chi connectivity index (χ1) is 10.9. The van der Waals surface area contributed by atoms with Gasteiger partial charge in [-0.15, -0.1) is 0 Å². The average Bonchev–Trinajstić information content (AvgIpc) is 2.42. The van der Waals surface area contributed by atoms with Gasteiger partial charge in [-0.25, -0.2) is 4.39 Å². The normalized spacial score (nSPS) is 20.3. The van der Waals surface area contributed by atoms with Gasteiger partial charge in [-0.3, -0.25) is 9.59 Å². The molecule has 2 fully saturated rings. The van der Waals surface area contributed by atoms with Gasteiger partial charge in [-0.1, -0.05) is 6.42 Å². The second kappa shape index (κ2) is 5.51. The van der Waals surface area contributed by atoms with E-state index in [4.69, 9.17) is 4.74 Å². The molecule has 1 aromatic carbocycles. The van der Waals surface area contributed by atoms with E-state index in [2.05, 4.69) is 5.32 Å². The number of hydrogen-bond donors (Lipinski definition) is 2. The summed E-state index contributed by atoms with van der Waals surface area (Å²) in [6.45, 7) is 0.0434. The zero-order chi connectivity index (χ0) is 16.7. The minimum atomic E-state index is -1.33. The Labute approximate surface area is 133 Å². The number of carbonyl (C=O) groups excluding carboxylic acids is 1. The van der Waals surface area contributed by atoms with Crippen molar-refractivity contribution in [3.05, 3.63) is 29.6 Å². The van der Waals surface area contributed by atoms with Crippen molar-refractivity contribution in [2.75, 3.05) is 7.11 Å². The third-order valence-electron chi connectivity index (χ3n) is 5.29. The maximum absolute atomic E-state index is 13.3. The van der Waals surface area contributed by atoms with E-state index in [1.807, 2.05) is 0 Å². The zero-order valence-corrected chi connectivity index (χ0v) is 13.0. The molecular weight excluding hydrogens is 301 g/mol. The molecule has 23 heavy (non-hydrogen) atoms. The van der Waals surface area contributed by atoms with Gasteiger partial charge in [0, 0.05) is 12.1 Å². The highest BCUT2D eigenvalue weighted by molar-refractivity contribution is 6.03. The monoisotopic (exact) mass is 321 g/mol. The van der Waals surface area contributed by atoms with Crippen LogP contribution in [-0.4, -0.2) is 24.1 Å². The lowest BCUT2D eigenvalue weighted by molar-refractivity contribution is -0.181. The van der Waals surface area contributed by atoms with E-state index >= 15 is 0 Å². The quantitative estimate of drug-likeness (QED) is 0.817. The highest BCUT2D eigenvalue weighted by Gasteiger charge is 2.64. The van der Waals surface area contributed by atoms with Crippen LogP contribution < -0.4 is 10.1 Å². The van der Waals surface area contributed by atoms with Gasteiger partial charge in [0.05, 0.1) is 7.11 Å². The molecule has 3 rings (SSSR count). The largest absolute Gasteiger partial charge is 0.496 e. The van der Waals surface area contributed by atoms with E-state index in [1.54, 1.807) is 0 Å². The van der Waals surface area contributed by atoms with Crippen molar-refractivity contribution in [3.8, 4) is 5.75 Å². The summed E-state index contributed by atoms with van der Waals surface area (Å²) in [5.41, 5.74) is -0.785. The number of ether oxygens (including phenoxy) is 1. The van der Waals surface area contributed by atoms with Gasteiger partial charge in [-0.2, -0.15) is 0 Å². The van der Waals surface area contributed by atoms with Crippen molar-refractivity contribution in [2.24, 2.45) is 10.8 Å². The lowest BCUT2D eigenvalue weighted by Crippen LogP contribution is -2.61. The van der Waals surface area contributed by atoms with Gasteiger partial charge >= 0.3 is 5.97 Å². The SMILES string of the molecule is COc1ccc(F)cc1CNC(=O)C1(C(=O)O)CC2(CCC2)C1. The van der Waals surface area contributed by atoms with E-state index in [9.17, 15) is 19.1 Å². The van der Waals surface area contributed by atoms with E-state index in [1.165, 1.54) is 25.3 Å². The molecule has 5 nitrogen and oxygen atoms in total. The van der Waals surface area contributed by atoms with Crippen LogP contribution in [0.1, 0.15) is 37.7 Å². The molecule has 0 aliphatic heterocycles. The van der Waals surface area contributed by atoms with E-state index in [0.29, 0.717) is 24.2 Å². The molecule has 1 amide bonds. The fraction of sp³-hybridized carbons (Fsp3) is 0.529. The van der Waals surface area contributed by atoms with Gasteiger partial charge < -0.3 is 15.2 Å². The highest BCUT2D eigenvalue weighted by Crippen LogP contribution is 2.64. The molecule has 2 aliphatic carbocycles. The third-order valence-corrected chi connectivity index (χ3v) is 5.29. The summed E-state index contributed by atoms with van der Waals surface area (Å²) < 4.78 is 18.5. The molecule has 124 valence electrons. The first-order valence-electron chi connectivity index (χ1n) is 7.75. The number of carboxylic acids is 1. The maximum atomic E-state index is 13.3. The molecule has 0 bridgehead atoms. The minimum Gasteiger partial charge on any atom is -0.496 e. The molecule has 0 saturated heterocycles. The summed E-state index contributed by atoms with van der Waals surface area (Å²) in [5.74, 6) is -1.53. The summed E-state index contributed by atoms with van der Waals surface area (Å²) >= 11 is 0. The molecule has 6 heteroatoms. The van der Waals surface area contributed by atoms with Crippen LogP contribution in [0.15, 0.2) is 18.2 Å². The van der Waals surface area contributed by atoms with Crippen molar-refractivity contribution in [1.29, 1.82) is 0 Å². The van der Waals surface area contributed by atoms with Crippen molar-refractivity contribution in [2.45, 2.75) is 38.6 Å². The summed E-state index contributed by atoms with van der Waals surface area (Å²) in [7, 11) is 1.46. The van der Waals surface area contributed by atoms with Crippen LogP contribution in [0.5, 0.6) is 5.75 Å². The van der Waals surface area contributed by atoms with Crippen molar-refractivity contribution in [1.82, 2.24) is 5.32 Å². The lowest BCUT2D eigenvalue weighted by Gasteiger charge is -2.58. The van der Waals surface area contributed by atoms with Gasteiger partial charge in [0.1, 0.15) is 17.0 Å². The first-order valence-corrected chi connectivity index (χ1v) is 7.75. The number of carbonyl (C=O) groups is 2. The maximum Gasteiger partial charge on any atom is 0.319 e. The smallest absolute Gasteiger partial charge is 0.319 e. The van der Waals surface area contributed by atoms with E-state index < -0.39 is 23.1 Å². The number of aliphatic carboxylic acids is 1. The second-order valence-electron chi connectivity index (χ2n) is 6.73. The predicted molar refractivity (Wildman–Crippen MR) is 80.4 cm³/mol. The van der Waals surface area contributed by atoms with Gasteiger partial charge in [0.25, 0.3) is 0 Å². The second-order valence-corrected chi connectivity index (χ2v) is 6.73. The van der Waals surface area contributed by atoms with Crippen LogP contribution in [-0.2, 0) is 16.1 Å². The Morgan fingerprint density at radius 3 is 2.57 bits per heavy atom. The number of carboxylic acid groups (broad SMARTS) is 1. The topological polar surface area (TPSA) is 75.6 Å². The van der Waals surface area contributed by atoms with Crippen LogP contribution in [0.2, 0.25) is 0 Å². The first kappa shape index (κ1) is 15.8. The van der Waals surface area contributed by atoms with Gasteiger partial charge in [0.15, 0.2) is 0 Å². The molecular formula is C17H20FNO4. The minimum absolute atomic E-state index is 0.0434. The fourth-order valence-corrected chi connectivity index (χ4v) is 3.90. The van der Waals surface area contributed by atoms with Crippen LogP contribution in [0.25, 0.3) is 0 Å². The summed E-state index contributed by atoms with van der Waals surface area (Å²) in [6.07, 6.45) is 3.93. The van der Waals surface area contributed by atoms with E-state index in [-0.39, 0.29) is 12.0 Å². The van der Waals surface area contributed by atoms with Crippen LogP contribution >= 0.6 is 0 Å². The van der Waals surface area contributed by atoms with Gasteiger partial charge in [0.2, 0.25) is 5.91 Å². The summed E-state index contributed by atoms with van der Waals surface area (Å²) in [4.78, 5) is 24.1. The van der Waals surface area contributed by atoms with Crippen molar-refractivity contribution >= 4 is 11.9 Å². The number of benzene rings is 1. The van der Waals surface area contributed by atoms with Crippen LogP contribution in [0.4, 0.5) is 4.39 Å². The molecule has 0 unspecified atom stereocenters.